The maximum absolute atomic E-state index is 12.8. The SMILES string of the molecule is [B][C@@H]1O[C@@H]2COP(=O)(O)OC3[C@@H](COP(=O)(O)O[C@@H]2C1C)O[C@@H]([B])[C@H]3O[Si](C)(C)C(C)(C)C. The highest BCUT2D eigenvalue weighted by Gasteiger charge is 2.53. The molecule has 186 valence electrons. The maximum atomic E-state index is 12.8. The van der Waals surface area contributed by atoms with Crippen LogP contribution in [-0.2, 0) is 41.1 Å². The van der Waals surface area contributed by atoms with Crippen LogP contribution >= 0.6 is 15.6 Å². The topological polar surface area (TPSA) is 139 Å². The van der Waals surface area contributed by atoms with Gasteiger partial charge in [-0.1, -0.05) is 27.7 Å². The molecule has 3 saturated heterocycles. The zero-order valence-corrected chi connectivity index (χ0v) is 22.4. The quantitative estimate of drug-likeness (QED) is 0.404. The fraction of sp³-hybridized carbons (Fsp3) is 1.00. The van der Waals surface area contributed by atoms with Crippen LogP contribution in [0.2, 0.25) is 18.1 Å². The first-order valence-corrected chi connectivity index (χ1v) is 16.6. The van der Waals surface area contributed by atoms with E-state index < -0.39 is 85.6 Å². The third-order valence-corrected chi connectivity index (χ3v) is 13.1. The number of rotatable bonds is 2. The molecule has 33 heavy (non-hydrogen) atoms. The van der Waals surface area contributed by atoms with Gasteiger partial charge in [-0.2, -0.15) is 0 Å². The highest BCUT2D eigenvalue weighted by atomic mass is 31.2. The predicted molar refractivity (Wildman–Crippen MR) is 121 cm³/mol. The van der Waals surface area contributed by atoms with Crippen LogP contribution in [0, 0.1) is 5.92 Å². The number of phosphoric ester groups is 2. The lowest BCUT2D eigenvalue weighted by Crippen LogP contribution is -2.50. The van der Waals surface area contributed by atoms with Crippen molar-refractivity contribution in [3.63, 3.8) is 0 Å². The van der Waals surface area contributed by atoms with Gasteiger partial charge in [0, 0.05) is 17.9 Å². The second kappa shape index (κ2) is 9.72. The lowest BCUT2D eigenvalue weighted by molar-refractivity contribution is -0.0456. The van der Waals surface area contributed by atoms with Crippen LogP contribution in [0.25, 0.3) is 0 Å². The summed E-state index contributed by atoms with van der Waals surface area (Å²) >= 11 is 0. The molecule has 16 heteroatoms. The summed E-state index contributed by atoms with van der Waals surface area (Å²) < 4.78 is 63.9. The van der Waals surface area contributed by atoms with Gasteiger partial charge in [0.2, 0.25) is 0 Å². The van der Waals surface area contributed by atoms with Crippen molar-refractivity contribution < 1.29 is 50.9 Å². The molecule has 0 bridgehead atoms. The monoisotopic (exact) mass is 524 g/mol. The van der Waals surface area contributed by atoms with Gasteiger partial charge in [-0.3, -0.25) is 18.1 Å². The van der Waals surface area contributed by atoms with Crippen molar-refractivity contribution in [1.29, 1.82) is 0 Å². The average molecular weight is 524 g/mol. The molecule has 3 heterocycles. The molecule has 4 unspecified atom stereocenters. The first-order valence-electron chi connectivity index (χ1n) is 10.7. The summed E-state index contributed by atoms with van der Waals surface area (Å²) in [6.45, 7) is 10.7. The van der Waals surface area contributed by atoms with Crippen molar-refractivity contribution in [3.05, 3.63) is 0 Å². The Bertz CT molecular complexity index is 812. The molecule has 0 aromatic rings. The van der Waals surface area contributed by atoms with Crippen LogP contribution in [0.5, 0.6) is 0 Å². The van der Waals surface area contributed by atoms with Gasteiger partial charge in [0.25, 0.3) is 0 Å². The van der Waals surface area contributed by atoms with E-state index in [9.17, 15) is 18.9 Å². The Balaban J connectivity index is 1.88. The van der Waals surface area contributed by atoms with Crippen LogP contribution in [0.1, 0.15) is 27.7 Å². The van der Waals surface area contributed by atoms with Crippen molar-refractivity contribution in [1.82, 2.24) is 0 Å². The van der Waals surface area contributed by atoms with Gasteiger partial charge >= 0.3 is 15.6 Å². The lowest BCUT2D eigenvalue weighted by Gasteiger charge is -2.40. The molecule has 0 aromatic carbocycles. The van der Waals surface area contributed by atoms with E-state index in [0.717, 1.165) is 0 Å². The third kappa shape index (κ3) is 6.42. The summed E-state index contributed by atoms with van der Waals surface area (Å²) in [6, 6.07) is -1.88. The molecule has 3 aliphatic heterocycles. The number of ether oxygens (including phenoxy) is 2. The first-order chi connectivity index (χ1) is 14.9. The van der Waals surface area contributed by atoms with Crippen molar-refractivity contribution in [2.24, 2.45) is 5.92 Å². The largest absolute Gasteiger partial charge is 0.472 e. The molecule has 0 aliphatic carbocycles. The Labute approximate surface area is 198 Å². The molecule has 3 rings (SSSR count). The zero-order valence-electron chi connectivity index (χ0n) is 19.7. The summed E-state index contributed by atoms with van der Waals surface area (Å²) in [5, 5.41) is -0.203. The van der Waals surface area contributed by atoms with Crippen LogP contribution < -0.4 is 0 Å². The van der Waals surface area contributed by atoms with Gasteiger partial charge in [-0.25, -0.2) is 9.13 Å². The molecule has 0 amide bonds. The maximum Gasteiger partial charge on any atom is 0.472 e. The Kier molecular flexibility index (Phi) is 8.26. The summed E-state index contributed by atoms with van der Waals surface area (Å²) in [6.07, 6.45) is -5.29. The van der Waals surface area contributed by atoms with E-state index in [1.54, 1.807) is 6.92 Å². The van der Waals surface area contributed by atoms with Gasteiger partial charge in [-0.05, 0) is 18.1 Å². The number of fused-ring (bicyclic) bond motifs is 2. The minimum atomic E-state index is -4.66. The van der Waals surface area contributed by atoms with Gasteiger partial charge in [0.15, 0.2) is 8.32 Å². The van der Waals surface area contributed by atoms with E-state index >= 15 is 0 Å². The predicted octanol–water partition coefficient (Wildman–Crippen LogP) is 1.82. The molecule has 0 aromatic heterocycles. The Morgan fingerprint density at radius 3 is 1.88 bits per heavy atom. The summed E-state index contributed by atoms with van der Waals surface area (Å²) in [4.78, 5) is 20.7. The third-order valence-electron chi connectivity index (χ3n) is 6.63. The second-order valence-corrected chi connectivity index (χ2v) is 17.7. The molecule has 0 saturated carbocycles. The van der Waals surface area contributed by atoms with Crippen LogP contribution in [0.4, 0.5) is 0 Å². The lowest BCUT2D eigenvalue weighted by atomic mass is 9.86. The van der Waals surface area contributed by atoms with Crippen LogP contribution in [-0.4, -0.2) is 89.5 Å². The highest BCUT2D eigenvalue weighted by Crippen LogP contribution is 2.53. The minimum absolute atomic E-state index is 0.203. The van der Waals surface area contributed by atoms with E-state index in [2.05, 4.69) is 0 Å². The molecular weight excluding hydrogens is 492 g/mol. The van der Waals surface area contributed by atoms with Gasteiger partial charge in [0.05, 0.1) is 19.3 Å². The van der Waals surface area contributed by atoms with Crippen molar-refractivity contribution >= 4 is 39.7 Å². The van der Waals surface area contributed by atoms with Gasteiger partial charge in [0.1, 0.15) is 40.1 Å². The summed E-state index contributed by atoms with van der Waals surface area (Å²) in [5.41, 5.74) is 0. The smallest absolute Gasteiger partial charge is 0.409 e. The molecule has 0 spiro atoms. The van der Waals surface area contributed by atoms with E-state index in [0.29, 0.717) is 0 Å². The Morgan fingerprint density at radius 1 is 0.909 bits per heavy atom. The molecule has 10 atom stereocenters. The summed E-state index contributed by atoms with van der Waals surface area (Å²) in [5.74, 6) is -0.518. The van der Waals surface area contributed by atoms with Crippen LogP contribution in [0.15, 0.2) is 0 Å². The van der Waals surface area contributed by atoms with Crippen molar-refractivity contribution in [2.75, 3.05) is 13.2 Å². The molecule has 2 N–H and O–H groups in total. The van der Waals surface area contributed by atoms with Crippen LogP contribution in [0.3, 0.4) is 0 Å². The van der Waals surface area contributed by atoms with E-state index in [1.807, 2.05) is 33.9 Å². The fourth-order valence-corrected chi connectivity index (χ4v) is 6.89. The van der Waals surface area contributed by atoms with Gasteiger partial charge < -0.3 is 23.7 Å². The molecule has 11 nitrogen and oxygen atoms in total. The zero-order chi connectivity index (χ0) is 25.0. The standard InChI is InChI=1S/C17H32B2O11P2Si/c1-9-12-10(26-15(9)18)7-24-32(22,23)29-13-11(8-25-31(20,21)28-12)27-16(19)14(13)30-33(5,6)17(2,3)4/h9-16H,7-8H2,1-6H3,(H,20,21)(H,22,23)/t9?,10-,11-,12-,13?,14+,15-,16-/m1/s1. The fourth-order valence-electron chi connectivity index (χ4n) is 3.60. The molecule has 3 fully saturated rings. The first kappa shape index (κ1) is 28.0. The molecular formula is C17H32B2O11P2Si. The van der Waals surface area contributed by atoms with E-state index in [1.165, 1.54) is 0 Å². The Morgan fingerprint density at radius 2 is 1.36 bits per heavy atom. The molecule has 3 aliphatic rings. The van der Waals surface area contributed by atoms with Gasteiger partial charge in [-0.15, -0.1) is 0 Å². The average Bonchev–Trinajstić information content (AvgIpc) is 3.07. The van der Waals surface area contributed by atoms with Crippen molar-refractivity contribution in [2.45, 2.75) is 88.4 Å². The second-order valence-electron chi connectivity index (χ2n) is 10.1. The van der Waals surface area contributed by atoms with E-state index in [4.69, 9.17) is 47.7 Å². The highest BCUT2D eigenvalue weighted by molar-refractivity contribution is 7.47. The number of hydrogen-bond donors (Lipinski definition) is 2. The minimum Gasteiger partial charge on any atom is -0.409 e. The molecule has 4 radical (unpaired) electrons. The van der Waals surface area contributed by atoms with Crippen molar-refractivity contribution in [3.8, 4) is 0 Å². The normalized spacial score (nSPS) is 47.9. The Hall–Kier alpha value is 0.447. The number of hydrogen-bond acceptors (Lipinski definition) is 9. The van der Waals surface area contributed by atoms with E-state index in [-0.39, 0.29) is 5.04 Å². The number of phosphoric acid groups is 2. The summed E-state index contributed by atoms with van der Waals surface area (Å²) in [7, 11) is 0.309.